The molecular formula is C22H17O3P. The Morgan fingerprint density at radius 3 is 1.92 bits per heavy atom. The van der Waals surface area contributed by atoms with Gasteiger partial charge in [-0.3, -0.25) is 0 Å². The highest BCUT2D eigenvalue weighted by Gasteiger charge is 2.33. The van der Waals surface area contributed by atoms with E-state index < -0.39 is 12.8 Å². The highest BCUT2D eigenvalue weighted by Crippen LogP contribution is 2.41. The third kappa shape index (κ3) is 2.71. The van der Waals surface area contributed by atoms with Crippen LogP contribution >= 0.6 is 7.14 Å². The molecule has 0 unspecified atom stereocenters. The first-order valence-corrected chi connectivity index (χ1v) is 10.1. The molecule has 0 spiro atoms. The summed E-state index contributed by atoms with van der Waals surface area (Å²) in [5, 5.41) is 2.19. The lowest BCUT2D eigenvalue weighted by Gasteiger charge is -2.19. The van der Waals surface area contributed by atoms with E-state index in [-0.39, 0.29) is 5.30 Å². The van der Waals surface area contributed by atoms with Crippen LogP contribution in [-0.2, 0) is 4.57 Å². The van der Waals surface area contributed by atoms with Crippen LogP contribution in [0, 0.1) is 6.92 Å². The summed E-state index contributed by atoms with van der Waals surface area (Å²) in [6.45, 7) is 1.94. The molecule has 1 heterocycles. The third-order valence-corrected chi connectivity index (χ3v) is 7.49. The smallest absolute Gasteiger partial charge is 0.347 e. The van der Waals surface area contributed by atoms with E-state index in [9.17, 15) is 9.36 Å². The van der Waals surface area contributed by atoms with Crippen molar-refractivity contribution in [3.63, 3.8) is 0 Å². The van der Waals surface area contributed by atoms with Crippen LogP contribution in [0.25, 0.3) is 11.0 Å². The van der Waals surface area contributed by atoms with E-state index in [1.807, 2.05) is 61.5 Å². The first-order valence-electron chi connectivity index (χ1n) is 8.35. The maximum atomic E-state index is 14.3. The normalized spacial score (nSPS) is 11.6. The van der Waals surface area contributed by atoms with Crippen molar-refractivity contribution >= 4 is 34.0 Å². The van der Waals surface area contributed by atoms with Gasteiger partial charge in [0.25, 0.3) is 0 Å². The SMILES string of the molecule is Cc1ccc2cc(P(=O)(c3ccccc3)c3ccccc3)c(=O)oc2c1. The molecule has 4 rings (SSSR count). The number of benzene rings is 3. The molecule has 0 fully saturated rings. The first-order chi connectivity index (χ1) is 12.6. The maximum Gasteiger partial charge on any atom is 0.347 e. The molecule has 26 heavy (non-hydrogen) atoms. The van der Waals surface area contributed by atoms with Crippen molar-refractivity contribution in [2.45, 2.75) is 6.92 Å². The van der Waals surface area contributed by atoms with Crippen molar-refractivity contribution in [2.24, 2.45) is 0 Å². The van der Waals surface area contributed by atoms with Crippen molar-refractivity contribution in [1.29, 1.82) is 0 Å². The molecule has 4 aromatic rings. The van der Waals surface area contributed by atoms with E-state index in [4.69, 9.17) is 4.42 Å². The summed E-state index contributed by atoms with van der Waals surface area (Å²) in [7, 11) is -3.34. The van der Waals surface area contributed by atoms with Crippen molar-refractivity contribution < 1.29 is 8.98 Å². The molecule has 0 aliphatic heterocycles. The predicted molar refractivity (Wildman–Crippen MR) is 107 cm³/mol. The fourth-order valence-electron chi connectivity index (χ4n) is 3.13. The zero-order chi connectivity index (χ0) is 18.1. The predicted octanol–water partition coefficient (Wildman–Crippen LogP) is 3.74. The maximum absolute atomic E-state index is 14.3. The monoisotopic (exact) mass is 360 g/mol. The Morgan fingerprint density at radius 2 is 1.35 bits per heavy atom. The lowest BCUT2D eigenvalue weighted by molar-refractivity contribution is 0.562. The molecule has 1 aromatic heterocycles. The van der Waals surface area contributed by atoms with Crippen molar-refractivity contribution in [3.8, 4) is 0 Å². The quantitative estimate of drug-likeness (QED) is 0.413. The largest absolute Gasteiger partial charge is 0.422 e. The third-order valence-electron chi connectivity index (χ3n) is 4.45. The number of hydrogen-bond donors (Lipinski definition) is 0. The molecule has 0 amide bonds. The Bertz CT molecular complexity index is 1130. The summed E-state index contributed by atoms with van der Waals surface area (Å²) in [4.78, 5) is 12.8. The van der Waals surface area contributed by atoms with Crippen molar-refractivity contribution in [2.75, 3.05) is 0 Å². The zero-order valence-electron chi connectivity index (χ0n) is 14.3. The van der Waals surface area contributed by atoms with Gasteiger partial charge in [0.1, 0.15) is 10.9 Å². The van der Waals surface area contributed by atoms with Gasteiger partial charge in [-0.1, -0.05) is 72.8 Å². The van der Waals surface area contributed by atoms with Crippen molar-refractivity contribution in [3.05, 3.63) is 101 Å². The molecule has 128 valence electrons. The van der Waals surface area contributed by atoms with Crippen LogP contribution in [0.15, 0.2) is 94.1 Å². The van der Waals surface area contributed by atoms with E-state index in [0.29, 0.717) is 16.2 Å². The Kier molecular flexibility index (Phi) is 4.10. The Hall–Kier alpha value is -2.90. The van der Waals surface area contributed by atoms with E-state index in [1.54, 1.807) is 30.3 Å². The zero-order valence-corrected chi connectivity index (χ0v) is 15.1. The summed E-state index contributed by atoms with van der Waals surface area (Å²) in [5.74, 6) is 0. The average molecular weight is 360 g/mol. The van der Waals surface area contributed by atoms with Crippen LogP contribution in [0.2, 0.25) is 0 Å². The van der Waals surface area contributed by atoms with Crippen molar-refractivity contribution in [1.82, 2.24) is 0 Å². The molecule has 0 aliphatic rings. The standard InChI is InChI=1S/C22H17O3P/c1-16-12-13-17-15-21(22(23)25-20(17)14-16)26(24,18-8-4-2-5-9-18)19-10-6-3-7-11-19/h2-15H,1H3. The summed E-state index contributed by atoms with van der Waals surface area (Å²) in [6.07, 6.45) is 0. The highest BCUT2D eigenvalue weighted by atomic mass is 31.2. The lowest BCUT2D eigenvalue weighted by atomic mass is 10.2. The van der Waals surface area contributed by atoms with Gasteiger partial charge in [0.15, 0.2) is 7.14 Å². The molecule has 3 nitrogen and oxygen atoms in total. The van der Waals surface area contributed by atoms with E-state index in [2.05, 4.69) is 0 Å². The molecule has 0 bridgehead atoms. The molecule has 3 aromatic carbocycles. The van der Waals surface area contributed by atoms with Gasteiger partial charge in [-0.15, -0.1) is 0 Å². The van der Waals surface area contributed by atoms with Gasteiger partial charge in [-0.2, -0.15) is 0 Å². The highest BCUT2D eigenvalue weighted by molar-refractivity contribution is 7.85. The minimum atomic E-state index is -3.34. The van der Waals surface area contributed by atoms with E-state index in [1.165, 1.54) is 0 Å². The number of hydrogen-bond acceptors (Lipinski definition) is 3. The summed E-state index contributed by atoms with van der Waals surface area (Å²) in [6, 6.07) is 25.6. The van der Waals surface area contributed by atoms with Gasteiger partial charge in [-0.25, -0.2) is 4.79 Å². The molecular weight excluding hydrogens is 343 g/mol. The molecule has 0 saturated carbocycles. The Balaban J connectivity index is 2.06. The van der Waals surface area contributed by atoms with Crippen LogP contribution in [0.1, 0.15) is 5.56 Å². The number of rotatable bonds is 3. The molecule has 0 saturated heterocycles. The number of fused-ring (bicyclic) bond motifs is 1. The molecule has 0 aliphatic carbocycles. The van der Waals surface area contributed by atoms with Crippen LogP contribution < -0.4 is 21.5 Å². The van der Waals surface area contributed by atoms with Gasteiger partial charge in [0.05, 0.1) is 0 Å². The Morgan fingerprint density at radius 1 is 0.769 bits per heavy atom. The topological polar surface area (TPSA) is 47.3 Å². The van der Waals surface area contributed by atoms with Crippen LogP contribution in [0.5, 0.6) is 0 Å². The van der Waals surface area contributed by atoms with Gasteiger partial charge in [-0.05, 0) is 24.6 Å². The second kappa shape index (κ2) is 6.44. The van der Waals surface area contributed by atoms with E-state index in [0.717, 1.165) is 10.9 Å². The fourth-order valence-corrected chi connectivity index (χ4v) is 5.79. The van der Waals surface area contributed by atoms with Gasteiger partial charge in [0, 0.05) is 16.0 Å². The second-order valence-electron chi connectivity index (χ2n) is 6.24. The van der Waals surface area contributed by atoms with Gasteiger partial charge >= 0.3 is 5.63 Å². The summed E-state index contributed by atoms with van der Waals surface area (Å²) < 4.78 is 19.8. The Labute approximate surface area is 151 Å². The average Bonchev–Trinajstić information content (AvgIpc) is 2.68. The molecule has 0 radical (unpaired) electrons. The minimum Gasteiger partial charge on any atom is -0.422 e. The van der Waals surface area contributed by atoms with Gasteiger partial charge in [0.2, 0.25) is 0 Å². The molecule has 4 heteroatoms. The molecule has 0 atom stereocenters. The summed E-state index contributed by atoms with van der Waals surface area (Å²) in [5.41, 5.74) is 0.952. The summed E-state index contributed by atoms with van der Waals surface area (Å²) >= 11 is 0. The fraction of sp³-hybridized carbons (Fsp3) is 0.0455. The second-order valence-corrected chi connectivity index (χ2v) is 8.97. The number of aryl methyl sites for hydroxylation is 1. The molecule has 0 N–H and O–H groups in total. The van der Waals surface area contributed by atoms with Crippen LogP contribution in [0.3, 0.4) is 0 Å². The van der Waals surface area contributed by atoms with E-state index >= 15 is 0 Å². The van der Waals surface area contributed by atoms with Gasteiger partial charge < -0.3 is 8.98 Å². The van der Waals surface area contributed by atoms with Crippen LogP contribution in [-0.4, -0.2) is 0 Å². The first kappa shape index (κ1) is 16.6. The lowest BCUT2D eigenvalue weighted by Crippen LogP contribution is -2.33. The minimum absolute atomic E-state index is 0.200. The van der Waals surface area contributed by atoms with Crippen LogP contribution in [0.4, 0.5) is 0 Å².